The van der Waals surface area contributed by atoms with E-state index in [1.54, 1.807) is 4.68 Å². The Hall–Kier alpha value is -2.28. The lowest BCUT2D eigenvalue weighted by atomic mass is 10.2. The molecular formula is C12H13N5O2. The van der Waals surface area contributed by atoms with E-state index in [-0.39, 0.29) is 0 Å². The Morgan fingerprint density at radius 2 is 2.26 bits per heavy atom. The summed E-state index contributed by atoms with van der Waals surface area (Å²) in [4.78, 5) is 20.6. The van der Waals surface area contributed by atoms with Gasteiger partial charge >= 0.3 is 5.97 Å². The maximum absolute atomic E-state index is 11.8. The molecule has 3 rings (SSSR count). The van der Waals surface area contributed by atoms with Crippen LogP contribution in [-0.2, 0) is 24.9 Å². The van der Waals surface area contributed by atoms with Gasteiger partial charge in [0.2, 0.25) is 0 Å². The molecule has 0 aliphatic carbocycles. The molecule has 0 saturated carbocycles. The highest BCUT2D eigenvalue weighted by Gasteiger charge is 2.24. The van der Waals surface area contributed by atoms with Crippen LogP contribution in [-0.4, -0.2) is 32.8 Å². The Balaban J connectivity index is 2.15. The SMILES string of the molecule is COC(=O)c1nc(-c2ccn(C)n2)nc2c1CNC2. The van der Waals surface area contributed by atoms with Gasteiger partial charge in [-0.15, -0.1) is 0 Å². The predicted octanol–water partition coefficient (Wildman–Crippen LogP) is 0.267. The Labute approximate surface area is 109 Å². The first-order valence-electron chi connectivity index (χ1n) is 5.88. The second kappa shape index (κ2) is 4.43. The number of nitrogens with zero attached hydrogens (tertiary/aromatic N) is 4. The van der Waals surface area contributed by atoms with Gasteiger partial charge in [-0.3, -0.25) is 4.68 Å². The number of ether oxygens (including phenoxy) is 1. The van der Waals surface area contributed by atoms with Crippen molar-refractivity contribution >= 4 is 5.97 Å². The van der Waals surface area contributed by atoms with E-state index in [9.17, 15) is 4.79 Å². The summed E-state index contributed by atoms with van der Waals surface area (Å²) in [6.07, 6.45) is 1.81. The molecule has 1 aliphatic rings. The second-order valence-electron chi connectivity index (χ2n) is 4.29. The number of carbonyl (C=O) groups is 1. The van der Waals surface area contributed by atoms with E-state index in [2.05, 4.69) is 20.4 Å². The molecular weight excluding hydrogens is 246 g/mol. The van der Waals surface area contributed by atoms with Crippen molar-refractivity contribution in [2.45, 2.75) is 13.1 Å². The van der Waals surface area contributed by atoms with Gasteiger partial charge in [0.1, 0.15) is 5.69 Å². The second-order valence-corrected chi connectivity index (χ2v) is 4.29. The zero-order chi connectivity index (χ0) is 13.4. The third-order valence-electron chi connectivity index (χ3n) is 3.01. The standard InChI is InChI=1S/C12H13N5O2/c1-17-4-3-8(16-17)11-14-9-6-13-5-7(9)10(15-11)12(18)19-2/h3-4,13H,5-6H2,1-2H3. The summed E-state index contributed by atoms with van der Waals surface area (Å²) in [5.74, 6) is 0.00276. The zero-order valence-electron chi connectivity index (χ0n) is 10.7. The molecule has 2 aromatic rings. The summed E-state index contributed by atoms with van der Waals surface area (Å²) in [5.41, 5.74) is 2.60. The predicted molar refractivity (Wildman–Crippen MR) is 66.1 cm³/mol. The summed E-state index contributed by atoms with van der Waals surface area (Å²) >= 11 is 0. The van der Waals surface area contributed by atoms with E-state index in [4.69, 9.17) is 4.74 Å². The first-order valence-corrected chi connectivity index (χ1v) is 5.88. The van der Waals surface area contributed by atoms with Gasteiger partial charge in [0.25, 0.3) is 0 Å². The first kappa shape index (κ1) is 11.8. The van der Waals surface area contributed by atoms with Gasteiger partial charge in [0.05, 0.1) is 12.8 Å². The fourth-order valence-corrected chi connectivity index (χ4v) is 2.08. The molecule has 19 heavy (non-hydrogen) atoms. The van der Waals surface area contributed by atoms with Crippen LogP contribution in [0.4, 0.5) is 0 Å². The van der Waals surface area contributed by atoms with Gasteiger partial charge in [-0.1, -0.05) is 0 Å². The van der Waals surface area contributed by atoms with Crippen LogP contribution < -0.4 is 5.32 Å². The van der Waals surface area contributed by atoms with Crippen molar-refractivity contribution < 1.29 is 9.53 Å². The number of aromatic nitrogens is 4. The van der Waals surface area contributed by atoms with E-state index in [1.165, 1.54) is 7.11 Å². The first-order chi connectivity index (χ1) is 9.19. The third-order valence-corrected chi connectivity index (χ3v) is 3.01. The van der Waals surface area contributed by atoms with Gasteiger partial charge < -0.3 is 10.1 Å². The molecule has 0 saturated heterocycles. The number of aryl methyl sites for hydroxylation is 1. The largest absolute Gasteiger partial charge is 0.464 e. The minimum atomic E-state index is -0.445. The molecule has 0 aromatic carbocycles. The van der Waals surface area contributed by atoms with Crippen LogP contribution in [0.5, 0.6) is 0 Å². The molecule has 1 N–H and O–H groups in total. The lowest BCUT2D eigenvalue weighted by Gasteiger charge is -2.06. The maximum atomic E-state index is 11.8. The number of hydrogen-bond acceptors (Lipinski definition) is 6. The van der Waals surface area contributed by atoms with Crippen molar-refractivity contribution in [3.63, 3.8) is 0 Å². The summed E-state index contributed by atoms with van der Waals surface area (Å²) in [6, 6.07) is 1.81. The quantitative estimate of drug-likeness (QED) is 0.779. The molecule has 0 unspecified atom stereocenters. The molecule has 0 bridgehead atoms. The molecule has 0 fully saturated rings. The molecule has 98 valence electrons. The number of methoxy groups -OCH3 is 1. The molecule has 0 spiro atoms. The van der Waals surface area contributed by atoms with E-state index in [0.717, 1.165) is 11.3 Å². The average molecular weight is 259 g/mol. The van der Waals surface area contributed by atoms with Crippen LogP contribution in [0.15, 0.2) is 12.3 Å². The number of rotatable bonds is 2. The monoisotopic (exact) mass is 259 g/mol. The lowest BCUT2D eigenvalue weighted by Crippen LogP contribution is -2.12. The molecule has 2 aromatic heterocycles. The highest BCUT2D eigenvalue weighted by molar-refractivity contribution is 5.89. The van der Waals surface area contributed by atoms with E-state index in [0.29, 0.717) is 30.3 Å². The third kappa shape index (κ3) is 1.97. The number of esters is 1. The van der Waals surface area contributed by atoms with Crippen molar-refractivity contribution in [3.8, 4) is 11.5 Å². The zero-order valence-corrected chi connectivity index (χ0v) is 10.7. The Morgan fingerprint density at radius 3 is 2.95 bits per heavy atom. The Bertz CT molecular complexity index is 650. The van der Waals surface area contributed by atoms with Crippen LogP contribution in [0.1, 0.15) is 21.7 Å². The van der Waals surface area contributed by atoms with Crippen LogP contribution >= 0.6 is 0 Å². The van der Waals surface area contributed by atoms with Crippen molar-refractivity contribution in [1.82, 2.24) is 25.1 Å². The minimum absolute atomic E-state index is 0.318. The number of hydrogen-bond donors (Lipinski definition) is 1. The summed E-state index contributed by atoms with van der Waals surface area (Å²) in [5, 5.41) is 7.41. The van der Waals surface area contributed by atoms with Gasteiger partial charge in [-0.05, 0) is 6.07 Å². The number of nitrogens with one attached hydrogen (secondary N) is 1. The van der Waals surface area contributed by atoms with E-state index >= 15 is 0 Å². The van der Waals surface area contributed by atoms with Crippen molar-refractivity contribution in [1.29, 1.82) is 0 Å². The smallest absolute Gasteiger partial charge is 0.357 e. The minimum Gasteiger partial charge on any atom is -0.464 e. The summed E-state index contributed by atoms with van der Waals surface area (Å²) in [7, 11) is 3.17. The van der Waals surface area contributed by atoms with Gasteiger partial charge in [0, 0.05) is 31.9 Å². The van der Waals surface area contributed by atoms with E-state index < -0.39 is 5.97 Å². The normalized spacial score (nSPS) is 13.4. The van der Waals surface area contributed by atoms with Crippen LogP contribution in [0, 0.1) is 0 Å². The Kier molecular flexibility index (Phi) is 2.75. The van der Waals surface area contributed by atoms with Gasteiger partial charge in [-0.25, -0.2) is 14.8 Å². The highest BCUT2D eigenvalue weighted by Crippen LogP contribution is 2.21. The maximum Gasteiger partial charge on any atom is 0.357 e. The lowest BCUT2D eigenvalue weighted by molar-refractivity contribution is 0.0592. The molecule has 0 atom stereocenters. The number of carbonyl (C=O) groups excluding carboxylic acids is 1. The summed E-state index contributed by atoms with van der Waals surface area (Å²) in [6.45, 7) is 1.21. The molecule has 3 heterocycles. The molecule has 0 amide bonds. The van der Waals surface area contributed by atoms with E-state index in [1.807, 2.05) is 19.3 Å². The van der Waals surface area contributed by atoms with Gasteiger partial charge in [0.15, 0.2) is 11.5 Å². The van der Waals surface area contributed by atoms with Crippen LogP contribution in [0.3, 0.4) is 0 Å². The van der Waals surface area contributed by atoms with Crippen molar-refractivity contribution in [3.05, 3.63) is 29.2 Å². The van der Waals surface area contributed by atoms with Crippen LogP contribution in [0.2, 0.25) is 0 Å². The highest BCUT2D eigenvalue weighted by atomic mass is 16.5. The Morgan fingerprint density at radius 1 is 1.42 bits per heavy atom. The average Bonchev–Trinajstić information content (AvgIpc) is 3.04. The topological polar surface area (TPSA) is 81.9 Å². The summed E-state index contributed by atoms with van der Waals surface area (Å²) < 4.78 is 6.44. The van der Waals surface area contributed by atoms with Crippen LogP contribution in [0.25, 0.3) is 11.5 Å². The fraction of sp³-hybridized carbons (Fsp3) is 0.333. The molecule has 0 radical (unpaired) electrons. The molecule has 1 aliphatic heterocycles. The van der Waals surface area contributed by atoms with Crippen molar-refractivity contribution in [2.75, 3.05) is 7.11 Å². The van der Waals surface area contributed by atoms with Gasteiger partial charge in [-0.2, -0.15) is 5.10 Å². The fourth-order valence-electron chi connectivity index (χ4n) is 2.08. The number of fused-ring (bicyclic) bond motifs is 1. The molecule has 7 heteroatoms. The van der Waals surface area contributed by atoms with Crippen molar-refractivity contribution in [2.24, 2.45) is 7.05 Å². The molecule has 7 nitrogen and oxygen atoms in total.